The SMILES string of the molecule is CCCCCCCCCC[N+]1(CCCCCC)CCOCC1. The normalized spacial score (nSPS) is 17.7. The van der Waals surface area contributed by atoms with Crippen LogP contribution in [-0.4, -0.2) is 43.9 Å². The van der Waals surface area contributed by atoms with Gasteiger partial charge in [0, 0.05) is 0 Å². The van der Waals surface area contributed by atoms with Gasteiger partial charge in [-0.05, 0) is 25.7 Å². The number of hydrogen-bond donors (Lipinski definition) is 0. The fourth-order valence-corrected chi connectivity index (χ4v) is 3.74. The molecule has 1 heterocycles. The summed E-state index contributed by atoms with van der Waals surface area (Å²) in [6, 6.07) is 0. The number of nitrogens with zero attached hydrogens (tertiary/aromatic N) is 1. The molecule has 0 bridgehead atoms. The molecule has 1 fully saturated rings. The molecular weight excluding hydrogens is 270 g/mol. The minimum atomic E-state index is 0.991. The molecule has 0 atom stereocenters. The molecule has 2 heteroatoms. The van der Waals surface area contributed by atoms with Crippen LogP contribution in [-0.2, 0) is 4.74 Å². The summed E-state index contributed by atoms with van der Waals surface area (Å²) in [5, 5.41) is 0. The lowest BCUT2D eigenvalue weighted by Gasteiger charge is -2.41. The first-order valence-corrected chi connectivity index (χ1v) is 10.3. The van der Waals surface area contributed by atoms with Gasteiger partial charge in [0.15, 0.2) is 0 Å². The Morgan fingerprint density at radius 2 is 1.00 bits per heavy atom. The maximum Gasteiger partial charge on any atom is 0.102 e. The summed E-state index contributed by atoms with van der Waals surface area (Å²) >= 11 is 0. The number of ether oxygens (including phenoxy) is 1. The summed E-state index contributed by atoms with van der Waals surface area (Å²) in [5.74, 6) is 0. The standard InChI is InChI=1S/C20H42NO/c1-3-5-7-9-10-11-12-14-16-21(15-13-8-6-4-2)17-19-22-20-18-21/h3-20H2,1-2H3/q+1. The van der Waals surface area contributed by atoms with Crippen LogP contribution in [0.3, 0.4) is 0 Å². The van der Waals surface area contributed by atoms with Crippen LogP contribution in [0.1, 0.15) is 90.9 Å². The molecule has 0 amide bonds. The van der Waals surface area contributed by atoms with Crippen LogP contribution in [0.25, 0.3) is 0 Å². The van der Waals surface area contributed by atoms with Crippen LogP contribution < -0.4 is 0 Å². The first-order valence-electron chi connectivity index (χ1n) is 10.3. The molecule has 0 unspecified atom stereocenters. The van der Waals surface area contributed by atoms with Crippen LogP contribution in [0.2, 0.25) is 0 Å². The maximum atomic E-state index is 5.62. The van der Waals surface area contributed by atoms with Crippen molar-refractivity contribution in [3.8, 4) is 0 Å². The molecule has 22 heavy (non-hydrogen) atoms. The predicted molar refractivity (Wildman–Crippen MR) is 97.3 cm³/mol. The monoisotopic (exact) mass is 312 g/mol. The van der Waals surface area contributed by atoms with E-state index >= 15 is 0 Å². The van der Waals surface area contributed by atoms with E-state index in [1.165, 1.54) is 108 Å². The number of unbranched alkanes of at least 4 members (excludes halogenated alkanes) is 10. The van der Waals surface area contributed by atoms with E-state index in [0.717, 1.165) is 13.2 Å². The van der Waals surface area contributed by atoms with E-state index in [0.29, 0.717) is 0 Å². The smallest absolute Gasteiger partial charge is 0.102 e. The van der Waals surface area contributed by atoms with Gasteiger partial charge in [0.1, 0.15) is 13.1 Å². The highest BCUT2D eigenvalue weighted by atomic mass is 16.5. The highest BCUT2D eigenvalue weighted by Gasteiger charge is 2.29. The molecule has 0 spiro atoms. The van der Waals surface area contributed by atoms with E-state index in [-0.39, 0.29) is 0 Å². The molecule has 0 aromatic rings. The predicted octanol–water partition coefficient (Wildman–Crippen LogP) is 5.55. The van der Waals surface area contributed by atoms with Gasteiger partial charge in [-0.15, -0.1) is 0 Å². The lowest BCUT2D eigenvalue weighted by atomic mass is 10.1. The van der Waals surface area contributed by atoms with Gasteiger partial charge in [0.2, 0.25) is 0 Å². The van der Waals surface area contributed by atoms with E-state index in [4.69, 9.17) is 4.74 Å². The van der Waals surface area contributed by atoms with Crippen molar-refractivity contribution in [1.82, 2.24) is 0 Å². The number of hydrogen-bond acceptors (Lipinski definition) is 1. The summed E-state index contributed by atoms with van der Waals surface area (Å²) in [4.78, 5) is 0. The van der Waals surface area contributed by atoms with E-state index in [2.05, 4.69) is 13.8 Å². The van der Waals surface area contributed by atoms with E-state index in [1.807, 2.05) is 0 Å². The molecule has 0 aromatic heterocycles. The second-order valence-corrected chi connectivity index (χ2v) is 7.38. The van der Waals surface area contributed by atoms with Crippen molar-refractivity contribution < 1.29 is 9.22 Å². The zero-order valence-corrected chi connectivity index (χ0v) is 15.6. The Bertz CT molecular complexity index is 236. The second-order valence-electron chi connectivity index (χ2n) is 7.38. The molecule has 132 valence electrons. The molecule has 0 N–H and O–H groups in total. The molecule has 1 saturated heterocycles. The van der Waals surface area contributed by atoms with Crippen molar-refractivity contribution in [2.24, 2.45) is 0 Å². The first-order chi connectivity index (χ1) is 10.8. The minimum absolute atomic E-state index is 0.991. The van der Waals surface area contributed by atoms with Gasteiger partial charge in [-0.25, -0.2) is 0 Å². The lowest BCUT2D eigenvalue weighted by molar-refractivity contribution is -0.935. The molecule has 0 radical (unpaired) electrons. The summed E-state index contributed by atoms with van der Waals surface area (Å²) in [6.07, 6.45) is 17.1. The van der Waals surface area contributed by atoms with Crippen LogP contribution in [0.15, 0.2) is 0 Å². The van der Waals surface area contributed by atoms with Crippen LogP contribution >= 0.6 is 0 Å². The Hall–Kier alpha value is -0.0800. The summed E-state index contributed by atoms with van der Waals surface area (Å²) < 4.78 is 6.98. The zero-order chi connectivity index (χ0) is 15.9. The Morgan fingerprint density at radius 1 is 0.591 bits per heavy atom. The van der Waals surface area contributed by atoms with Crippen molar-refractivity contribution in [2.45, 2.75) is 90.9 Å². The number of quaternary nitrogens is 1. The van der Waals surface area contributed by atoms with E-state index in [9.17, 15) is 0 Å². The third-order valence-electron chi connectivity index (χ3n) is 5.39. The van der Waals surface area contributed by atoms with Crippen molar-refractivity contribution >= 4 is 0 Å². The van der Waals surface area contributed by atoms with Crippen LogP contribution in [0.4, 0.5) is 0 Å². The Balaban J connectivity index is 2.12. The van der Waals surface area contributed by atoms with Gasteiger partial charge in [-0.2, -0.15) is 0 Å². The van der Waals surface area contributed by atoms with Gasteiger partial charge < -0.3 is 9.22 Å². The lowest BCUT2D eigenvalue weighted by Crippen LogP contribution is -2.56. The maximum absolute atomic E-state index is 5.62. The quantitative estimate of drug-likeness (QED) is 0.301. The second kappa shape index (κ2) is 13.4. The largest absolute Gasteiger partial charge is 0.370 e. The average molecular weight is 313 g/mol. The van der Waals surface area contributed by atoms with Crippen molar-refractivity contribution in [2.75, 3.05) is 39.4 Å². The van der Waals surface area contributed by atoms with E-state index < -0.39 is 0 Å². The minimum Gasteiger partial charge on any atom is -0.370 e. The topological polar surface area (TPSA) is 9.23 Å². The van der Waals surface area contributed by atoms with Crippen LogP contribution in [0.5, 0.6) is 0 Å². The van der Waals surface area contributed by atoms with Crippen molar-refractivity contribution in [3.63, 3.8) is 0 Å². The molecular formula is C20H42NO+. The van der Waals surface area contributed by atoms with Gasteiger partial charge in [0.25, 0.3) is 0 Å². The average Bonchev–Trinajstić information content (AvgIpc) is 2.55. The molecule has 0 aromatic carbocycles. The molecule has 2 nitrogen and oxygen atoms in total. The molecule has 0 saturated carbocycles. The Morgan fingerprint density at radius 3 is 1.50 bits per heavy atom. The number of morpholine rings is 1. The van der Waals surface area contributed by atoms with Crippen molar-refractivity contribution in [1.29, 1.82) is 0 Å². The summed E-state index contributed by atoms with van der Waals surface area (Å²) in [7, 11) is 0. The zero-order valence-electron chi connectivity index (χ0n) is 15.6. The van der Waals surface area contributed by atoms with Crippen LogP contribution in [0, 0.1) is 0 Å². The van der Waals surface area contributed by atoms with Gasteiger partial charge in [0.05, 0.1) is 26.3 Å². The van der Waals surface area contributed by atoms with Crippen molar-refractivity contribution in [3.05, 3.63) is 0 Å². The summed E-state index contributed by atoms with van der Waals surface area (Å²) in [5.41, 5.74) is 0. The fourth-order valence-electron chi connectivity index (χ4n) is 3.74. The highest BCUT2D eigenvalue weighted by Crippen LogP contribution is 2.17. The molecule has 1 aliphatic rings. The van der Waals surface area contributed by atoms with Gasteiger partial charge in [-0.3, -0.25) is 0 Å². The third-order valence-corrected chi connectivity index (χ3v) is 5.39. The Labute approximate surface area is 140 Å². The Kier molecular flexibility index (Phi) is 12.1. The molecule has 1 rings (SSSR count). The molecule has 0 aliphatic carbocycles. The third kappa shape index (κ3) is 9.15. The first kappa shape index (κ1) is 20.0. The van der Waals surface area contributed by atoms with E-state index in [1.54, 1.807) is 0 Å². The van der Waals surface area contributed by atoms with Gasteiger partial charge >= 0.3 is 0 Å². The number of rotatable bonds is 14. The summed E-state index contributed by atoms with van der Waals surface area (Å²) in [6.45, 7) is 11.9. The highest BCUT2D eigenvalue weighted by molar-refractivity contribution is 4.54. The molecule has 1 aliphatic heterocycles. The van der Waals surface area contributed by atoms with Gasteiger partial charge in [-0.1, -0.05) is 65.2 Å². The fraction of sp³-hybridized carbons (Fsp3) is 1.00.